The summed E-state index contributed by atoms with van der Waals surface area (Å²) in [5.41, 5.74) is 4.47. The Morgan fingerprint density at radius 1 is 1.00 bits per heavy atom. The molecule has 0 aromatic carbocycles. The van der Waals surface area contributed by atoms with E-state index in [1.54, 1.807) is 0 Å². The van der Waals surface area contributed by atoms with Gasteiger partial charge < -0.3 is 9.47 Å². The summed E-state index contributed by atoms with van der Waals surface area (Å²) < 4.78 is 8.71. The minimum Gasteiger partial charge on any atom is -0.463 e. The second kappa shape index (κ2) is 4.21. The number of carbonyl (C=O) groups excluding carboxylic acids is 2. The molecule has 14 heavy (non-hydrogen) atoms. The average Bonchev–Trinajstić information content (AvgIpc) is 2.27. The summed E-state index contributed by atoms with van der Waals surface area (Å²) in [4.78, 5) is 21.7. The molecule has 0 aromatic heterocycles. The maximum Gasteiger partial charge on any atom is 0.377 e. The van der Waals surface area contributed by atoms with Crippen LogP contribution in [-0.4, -0.2) is 37.8 Å². The molecule has 0 aliphatic carbocycles. The van der Waals surface area contributed by atoms with Crippen molar-refractivity contribution in [2.24, 2.45) is 10.2 Å². The molecule has 0 aromatic rings. The summed E-state index contributed by atoms with van der Waals surface area (Å²) in [5.74, 6) is -1.66. The zero-order valence-corrected chi connectivity index (χ0v) is 7.53. The van der Waals surface area contributed by atoms with Gasteiger partial charge in [-0.2, -0.15) is 0 Å². The van der Waals surface area contributed by atoms with Crippen molar-refractivity contribution >= 4 is 23.6 Å². The van der Waals surface area contributed by atoms with Gasteiger partial charge in [-0.25, -0.2) is 9.59 Å². The molecular formula is C6H8N4O4. The van der Waals surface area contributed by atoms with Crippen molar-refractivity contribution in [2.75, 3.05) is 14.2 Å². The summed E-state index contributed by atoms with van der Waals surface area (Å²) in [7, 11) is 2.40. The first-order chi connectivity index (χ1) is 6.69. The molecule has 1 aliphatic rings. The monoisotopic (exact) mass is 200 g/mol. The highest BCUT2D eigenvalue weighted by molar-refractivity contribution is 6.39. The van der Waals surface area contributed by atoms with Crippen molar-refractivity contribution in [1.29, 1.82) is 0 Å². The number of ether oxygens (including phenoxy) is 2. The largest absolute Gasteiger partial charge is 0.463 e. The van der Waals surface area contributed by atoms with E-state index >= 15 is 0 Å². The standard InChI is InChI=1S/C6H8N4O4/c1-13-5(11)3-7-9-4(10-8-3)6(12)14-2/h1-2H3,(H,7,8)(H,9,10). The van der Waals surface area contributed by atoms with E-state index in [0.717, 1.165) is 0 Å². The Morgan fingerprint density at radius 3 is 1.57 bits per heavy atom. The Bertz CT molecular complexity index is 290. The number of rotatable bonds is 2. The predicted octanol–water partition coefficient (Wildman–Crippen LogP) is -1.85. The summed E-state index contributed by atoms with van der Waals surface area (Å²) >= 11 is 0. The lowest BCUT2D eigenvalue weighted by atomic mass is 10.5. The van der Waals surface area contributed by atoms with E-state index in [0.29, 0.717) is 0 Å². The van der Waals surface area contributed by atoms with Crippen molar-refractivity contribution in [3.8, 4) is 0 Å². The fourth-order valence-corrected chi connectivity index (χ4v) is 0.644. The molecule has 2 N–H and O–H groups in total. The molecular weight excluding hydrogens is 192 g/mol. The van der Waals surface area contributed by atoms with Gasteiger partial charge in [0.05, 0.1) is 14.2 Å². The van der Waals surface area contributed by atoms with Crippen LogP contribution in [0.1, 0.15) is 0 Å². The number of amidine groups is 2. The first kappa shape index (κ1) is 9.96. The molecule has 0 amide bonds. The maximum atomic E-state index is 10.9. The molecule has 0 atom stereocenters. The van der Waals surface area contributed by atoms with Crippen LogP contribution < -0.4 is 10.9 Å². The van der Waals surface area contributed by atoms with Crippen molar-refractivity contribution in [2.45, 2.75) is 0 Å². The minimum atomic E-state index is -0.690. The molecule has 0 bridgehead atoms. The molecule has 8 heteroatoms. The lowest BCUT2D eigenvalue weighted by molar-refractivity contribution is -0.134. The van der Waals surface area contributed by atoms with Crippen LogP contribution in [0.4, 0.5) is 0 Å². The molecule has 0 saturated heterocycles. The molecule has 0 fully saturated rings. The Kier molecular flexibility index (Phi) is 3.00. The second-order valence-corrected chi connectivity index (χ2v) is 2.13. The molecule has 0 unspecified atom stereocenters. The lowest BCUT2D eigenvalue weighted by Gasteiger charge is -2.11. The minimum absolute atomic E-state index is 0.139. The van der Waals surface area contributed by atoms with Gasteiger partial charge in [0.1, 0.15) is 0 Å². The summed E-state index contributed by atoms with van der Waals surface area (Å²) in [6.45, 7) is 0. The number of hydrogen-bond donors (Lipinski definition) is 2. The van der Waals surface area contributed by atoms with Crippen molar-refractivity contribution in [3.63, 3.8) is 0 Å². The van der Waals surface area contributed by atoms with Crippen LogP contribution in [0.15, 0.2) is 10.2 Å². The summed E-state index contributed by atoms with van der Waals surface area (Å²) in [6.07, 6.45) is 0. The molecule has 0 radical (unpaired) electrons. The Labute approximate surface area is 78.9 Å². The summed E-state index contributed by atoms with van der Waals surface area (Å²) in [6, 6.07) is 0. The highest BCUT2D eigenvalue weighted by Gasteiger charge is 2.19. The fourth-order valence-electron chi connectivity index (χ4n) is 0.644. The predicted molar refractivity (Wildman–Crippen MR) is 45.2 cm³/mol. The molecule has 1 rings (SSSR count). The van der Waals surface area contributed by atoms with E-state index in [1.807, 2.05) is 0 Å². The van der Waals surface area contributed by atoms with Crippen LogP contribution in [0.5, 0.6) is 0 Å². The van der Waals surface area contributed by atoms with Crippen LogP contribution in [0.25, 0.3) is 0 Å². The fraction of sp³-hybridized carbons (Fsp3) is 0.333. The molecule has 8 nitrogen and oxygen atoms in total. The number of esters is 2. The van der Waals surface area contributed by atoms with Gasteiger partial charge in [0, 0.05) is 0 Å². The van der Waals surface area contributed by atoms with Gasteiger partial charge in [-0.15, -0.1) is 10.2 Å². The highest BCUT2D eigenvalue weighted by Crippen LogP contribution is 1.87. The van der Waals surface area contributed by atoms with E-state index in [9.17, 15) is 9.59 Å². The number of nitrogens with one attached hydrogen (secondary N) is 2. The molecule has 0 spiro atoms. The molecule has 1 aliphatic heterocycles. The van der Waals surface area contributed by atoms with E-state index < -0.39 is 11.9 Å². The zero-order chi connectivity index (χ0) is 10.6. The Hall–Kier alpha value is -2.12. The number of hydrogen-bond acceptors (Lipinski definition) is 8. The second-order valence-electron chi connectivity index (χ2n) is 2.13. The highest BCUT2D eigenvalue weighted by atomic mass is 16.5. The van der Waals surface area contributed by atoms with Crippen LogP contribution in [0.2, 0.25) is 0 Å². The number of nitrogens with zero attached hydrogens (tertiary/aromatic N) is 2. The van der Waals surface area contributed by atoms with Gasteiger partial charge in [-0.3, -0.25) is 10.9 Å². The SMILES string of the molecule is COC(=O)C1=NNC(C(=O)OC)=NN1. The average molecular weight is 200 g/mol. The van der Waals surface area contributed by atoms with Crippen LogP contribution in [0, 0.1) is 0 Å². The third-order valence-electron chi connectivity index (χ3n) is 1.30. The third kappa shape index (κ3) is 1.97. The quantitative estimate of drug-likeness (QED) is 0.507. The van der Waals surface area contributed by atoms with Crippen LogP contribution >= 0.6 is 0 Å². The van der Waals surface area contributed by atoms with Crippen LogP contribution in [0.3, 0.4) is 0 Å². The number of methoxy groups -OCH3 is 2. The molecule has 1 heterocycles. The normalized spacial score (nSPS) is 14.1. The maximum absolute atomic E-state index is 10.9. The number of carbonyl (C=O) groups is 2. The van der Waals surface area contributed by atoms with Gasteiger partial charge in [-0.1, -0.05) is 0 Å². The number of hydrazone groups is 2. The van der Waals surface area contributed by atoms with Gasteiger partial charge >= 0.3 is 11.9 Å². The van der Waals surface area contributed by atoms with E-state index in [4.69, 9.17) is 0 Å². The van der Waals surface area contributed by atoms with Crippen molar-refractivity contribution in [3.05, 3.63) is 0 Å². The van der Waals surface area contributed by atoms with Gasteiger partial charge in [0.2, 0.25) is 0 Å². The molecule has 0 saturated carbocycles. The van der Waals surface area contributed by atoms with E-state index in [-0.39, 0.29) is 11.7 Å². The summed E-state index contributed by atoms with van der Waals surface area (Å²) in [5, 5.41) is 7.00. The van der Waals surface area contributed by atoms with Gasteiger partial charge in [-0.05, 0) is 0 Å². The first-order valence-electron chi connectivity index (χ1n) is 3.53. The van der Waals surface area contributed by atoms with Gasteiger partial charge in [0.25, 0.3) is 11.7 Å². The van der Waals surface area contributed by atoms with Crippen LogP contribution in [-0.2, 0) is 19.1 Å². The third-order valence-corrected chi connectivity index (χ3v) is 1.30. The molecule has 76 valence electrons. The Morgan fingerprint density at radius 2 is 1.36 bits per heavy atom. The van der Waals surface area contributed by atoms with E-state index in [1.165, 1.54) is 14.2 Å². The van der Waals surface area contributed by atoms with Gasteiger partial charge in [0.15, 0.2) is 0 Å². The van der Waals surface area contributed by atoms with E-state index in [2.05, 4.69) is 30.5 Å². The zero-order valence-electron chi connectivity index (χ0n) is 7.53. The topological polar surface area (TPSA) is 101 Å². The van der Waals surface area contributed by atoms with Crippen molar-refractivity contribution < 1.29 is 19.1 Å². The first-order valence-corrected chi connectivity index (χ1v) is 3.53. The van der Waals surface area contributed by atoms with Crippen molar-refractivity contribution in [1.82, 2.24) is 10.9 Å². The lowest BCUT2D eigenvalue weighted by Crippen LogP contribution is -2.41. The Balaban J connectivity index is 2.61. The smallest absolute Gasteiger partial charge is 0.377 e.